The molecule has 0 radical (unpaired) electrons. The zero-order valence-corrected chi connectivity index (χ0v) is 12.8. The Morgan fingerprint density at radius 2 is 1.91 bits per heavy atom. The minimum Gasteiger partial charge on any atom is -0.493 e. The van der Waals surface area contributed by atoms with E-state index in [-0.39, 0.29) is 5.88 Å². The number of H-pyrrole nitrogens is 2. The van der Waals surface area contributed by atoms with Crippen LogP contribution in [0.5, 0.6) is 5.88 Å². The third-order valence-electron chi connectivity index (χ3n) is 3.65. The van der Waals surface area contributed by atoms with Crippen LogP contribution in [-0.2, 0) is 0 Å². The Hall–Kier alpha value is -2.99. The number of fused-ring (bicyclic) bond motifs is 1. The summed E-state index contributed by atoms with van der Waals surface area (Å²) in [6, 6.07) is 12.1. The van der Waals surface area contributed by atoms with E-state index in [4.69, 9.17) is 12.2 Å². The van der Waals surface area contributed by atoms with Gasteiger partial charge in [-0.15, -0.1) is 0 Å². The molecule has 4 rings (SSSR count). The lowest BCUT2D eigenvalue weighted by atomic mass is 10.0. The molecule has 3 heterocycles. The second kappa shape index (κ2) is 5.33. The fourth-order valence-electron chi connectivity index (χ4n) is 2.52. The lowest BCUT2D eigenvalue weighted by molar-refractivity contribution is 0.455. The number of aromatic nitrogens is 3. The van der Waals surface area contributed by atoms with Gasteiger partial charge in [0.05, 0.1) is 0 Å². The van der Waals surface area contributed by atoms with Crippen LogP contribution in [0.25, 0.3) is 22.8 Å². The highest BCUT2D eigenvalue weighted by Crippen LogP contribution is 2.34. The summed E-state index contributed by atoms with van der Waals surface area (Å²) >= 11 is 4.98. The Morgan fingerprint density at radius 3 is 2.65 bits per heavy atom. The summed E-state index contributed by atoms with van der Waals surface area (Å²) in [6.45, 7) is 0. The van der Waals surface area contributed by atoms with Crippen LogP contribution in [0.15, 0.2) is 47.6 Å². The van der Waals surface area contributed by atoms with Gasteiger partial charge in [0.25, 0.3) is 0 Å². The van der Waals surface area contributed by atoms with Crippen LogP contribution >= 0.6 is 12.2 Å². The molecule has 1 aliphatic heterocycles. The number of allylic oxidation sites excluding steroid dienone is 1. The van der Waals surface area contributed by atoms with E-state index in [1.54, 1.807) is 12.3 Å². The van der Waals surface area contributed by atoms with Crippen LogP contribution in [0.1, 0.15) is 11.3 Å². The molecule has 3 aromatic rings. The van der Waals surface area contributed by atoms with E-state index < -0.39 is 0 Å². The number of aromatic hydroxyl groups is 1. The predicted molar refractivity (Wildman–Crippen MR) is 93.3 cm³/mol. The third-order valence-corrected chi connectivity index (χ3v) is 3.85. The average molecular weight is 320 g/mol. The highest BCUT2D eigenvalue weighted by molar-refractivity contribution is 7.71. The molecule has 1 aromatic carbocycles. The first-order valence-electron chi connectivity index (χ1n) is 7.03. The second-order valence-electron chi connectivity index (χ2n) is 5.16. The van der Waals surface area contributed by atoms with E-state index in [0.29, 0.717) is 16.3 Å². The number of benzene rings is 1. The van der Waals surface area contributed by atoms with E-state index in [1.807, 2.05) is 36.5 Å². The second-order valence-corrected chi connectivity index (χ2v) is 5.57. The van der Waals surface area contributed by atoms with Gasteiger partial charge in [-0.3, -0.25) is 0 Å². The van der Waals surface area contributed by atoms with Crippen molar-refractivity contribution in [1.29, 1.82) is 0 Å². The lowest BCUT2D eigenvalue weighted by Gasteiger charge is -2.04. The number of aliphatic imine (C=N–C) groups is 1. The number of hydrogen-bond donors (Lipinski definition) is 3. The molecule has 0 bridgehead atoms. The van der Waals surface area contributed by atoms with Crippen molar-refractivity contribution in [3.8, 4) is 17.0 Å². The number of imidazole rings is 1. The Kier molecular flexibility index (Phi) is 3.17. The summed E-state index contributed by atoms with van der Waals surface area (Å²) in [6.07, 6.45) is 5.35. The Morgan fingerprint density at radius 1 is 1.09 bits per heavy atom. The molecule has 0 aliphatic carbocycles. The number of nitrogens with zero attached hydrogens (tertiary/aromatic N) is 2. The first-order chi connectivity index (χ1) is 11.2. The Balaban J connectivity index is 1.80. The normalized spacial score (nSPS) is 14.3. The van der Waals surface area contributed by atoms with Gasteiger partial charge in [-0.05, 0) is 29.9 Å². The molecule has 0 spiro atoms. The summed E-state index contributed by atoms with van der Waals surface area (Å²) in [4.78, 5) is 14.3. The number of pyridine rings is 1. The summed E-state index contributed by atoms with van der Waals surface area (Å²) in [5.74, 6) is 0.682. The van der Waals surface area contributed by atoms with Gasteiger partial charge < -0.3 is 15.1 Å². The van der Waals surface area contributed by atoms with Crippen molar-refractivity contribution in [2.45, 2.75) is 0 Å². The molecular formula is C17H12N4OS. The first kappa shape index (κ1) is 13.7. The minimum atomic E-state index is 0.0107. The molecule has 0 atom stereocenters. The van der Waals surface area contributed by atoms with Crippen molar-refractivity contribution in [3.63, 3.8) is 0 Å². The highest BCUT2D eigenvalue weighted by atomic mass is 32.1. The van der Waals surface area contributed by atoms with Crippen molar-refractivity contribution >= 4 is 35.9 Å². The van der Waals surface area contributed by atoms with E-state index >= 15 is 0 Å². The largest absolute Gasteiger partial charge is 0.493 e. The van der Waals surface area contributed by atoms with Crippen molar-refractivity contribution in [2.24, 2.45) is 4.99 Å². The van der Waals surface area contributed by atoms with Crippen molar-refractivity contribution in [1.82, 2.24) is 15.0 Å². The molecular weight excluding hydrogens is 308 g/mol. The zero-order valence-electron chi connectivity index (χ0n) is 11.9. The molecule has 0 amide bonds. The summed E-state index contributed by atoms with van der Waals surface area (Å²) in [5.41, 5.74) is 4.43. The smallest absolute Gasteiger partial charge is 0.215 e. The molecule has 3 N–H and O–H groups in total. The van der Waals surface area contributed by atoms with Crippen molar-refractivity contribution in [3.05, 3.63) is 58.6 Å². The molecule has 23 heavy (non-hydrogen) atoms. The van der Waals surface area contributed by atoms with Gasteiger partial charge in [0, 0.05) is 29.1 Å². The van der Waals surface area contributed by atoms with Crippen LogP contribution in [-0.4, -0.2) is 26.3 Å². The van der Waals surface area contributed by atoms with Gasteiger partial charge in [-0.1, -0.05) is 30.3 Å². The molecule has 1 aliphatic rings. The molecule has 6 heteroatoms. The van der Waals surface area contributed by atoms with Gasteiger partial charge in [-0.25, -0.2) is 9.98 Å². The maximum atomic E-state index is 9.81. The van der Waals surface area contributed by atoms with Crippen LogP contribution < -0.4 is 0 Å². The van der Waals surface area contributed by atoms with Crippen molar-refractivity contribution < 1.29 is 5.11 Å². The van der Waals surface area contributed by atoms with Gasteiger partial charge in [-0.2, -0.15) is 0 Å². The molecule has 0 fully saturated rings. The van der Waals surface area contributed by atoms with Gasteiger partial charge in [0.1, 0.15) is 5.69 Å². The topological polar surface area (TPSA) is 77.1 Å². The monoisotopic (exact) mass is 320 g/mol. The third kappa shape index (κ3) is 2.49. The Labute approximate surface area is 137 Å². The minimum absolute atomic E-state index is 0.0107. The fourth-order valence-corrected chi connectivity index (χ4v) is 2.73. The quantitative estimate of drug-likeness (QED) is 0.622. The first-order valence-corrected chi connectivity index (χ1v) is 7.44. The highest BCUT2D eigenvalue weighted by Gasteiger charge is 2.16. The average Bonchev–Trinajstić information content (AvgIpc) is 3.11. The van der Waals surface area contributed by atoms with Crippen molar-refractivity contribution in [2.75, 3.05) is 0 Å². The van der Waals surface area contributed by atoms with Crippen LogP contribution in [0, 0.1) is 4.77 Å². The van der Waals surface area contributed by atoms with Gasteiger partial charge >= 0.3 is 0 Å². The fraction of sp³-hybridized carbons (Fsp3) is 0. The predicted octanol–water partition coefficient (Wildman–Crippen LogP) is 4.10. The molecule has 112 valence electrons. The van der Waals surface area contributed by atoms with Crippen LogP contribution in [0.2, 0.25) is 0 Å². The summed E-state index contributed by atoms with van der Waals surface area (Å²) < 4.78 is 0.376. The molecule has 0 saturated carbocycles. The lowest BCUT2D eigenvalue weighted by Crippen LogP contribution is -1.86. The Bertz CT molecular complexity index is 999. The number of aromatic amines is 2. The summed E-state index contributed by atoms with van der Waals surface area (Å²) in [7, 11) is 0. The van der Waals surface area contributed by atoms with E-state index in [2.05, 4.69) is 26.0 Å². The zero-order chi connectivity index (χ0) is 15.8. The molecule has 5 nitrogen and oxygen atoms in total. The maximum absolute atomic E-state index is 9.81. The van der Waals surface area contributed by atoms with E-state index in [9.17, 15) is 5.11 Å². The van der Waals surface area contributed by atoms with E-state index in [1.165, 1.54) is 0 Å². The number of nitrogens with one attached hydrogen (secondary N) is 2. The van der Waals surface area contributed by atoms with Crippen LogP contribution in [0.4, 0.5) is 5.82 Å². The van der Waals surface area contributed by atoms with E-state index in [0.717, 1.165) is 22.3 Å². The molecule has 2 aromatic heterocycles. The SMILES string of the molecule is Oc1[nH]c(=S)[nH]c1C=C1C=Nc2ncc(-c3ccccc3)cc21. The standard InChI is InChI=1S/C17H12N4OS/c22-16-14(20-17(23)21-16)7-12-9-19-15-13(12)6-11(8-18-15)10-4-2-1-3-5-10/h1-9,22H,(H2,20,21,23). The maximum Gasteiger partial charge on any atom is 0.215 e. The number of hydrogen-bond acceptors (Lipinski definition) is 4. The van der Waals surface area contributed by atoms with Crippen LogP contribution in [0.3, 0.4) is 0 Å². The van der Waals surface area contributed by atoms with Gasteiger partial charge in [0.15, 0.2) is 10.6 Å². The molecule has 0 saturated heterocycles. The number of rotatable bonds is 2. The molecule has 0 unspecified atom stereocenters. The van der Waals surface area contributed by atoms with Gasteiger partial charge in [0.2, 0.25) is 5.88 Å². The summed E-state index contributed by atoms with van der Waals surface area (Å²) in [5, 5.41) is 9.81.